The van der Waals surface area contributed by atoms with E-state index in [9.17, 15) is 0 Å². The van der Waals surface area contributed by atoms with Crippen LogP contribution < -0.4 is 10.1 Å². The van der Waals surface area contributed by atoms with E-state index < -0.39 is 0 Å². The van der Waals surface area contributed by atoms with Crippen LogP contribution in [0.4, 0.5) is 0 Å². The maximum atomic E-state index is 6.30. The van der Waals surface area contributed by atoms with E-state index >= 15 is 0 Å². The first-order valence-corrected chi connectivity index (χ1v) is 7.83. The molecule has 0 radical (unpaired) electrons. The summed E-state index contributed by atoms with van der Waals surface area (Å²) in [6.07, 6.45) is 2.56. The molecule has 0 amide bonds. The summed E-state index contributed by atoms with van der Waals surface area (Å²) in [4.78, 5) is 0. The smallest absolute Gasteiger partial charge is 0.146 e. The number of hydrogen-bond donors (Lipinski definition) is 1. The monoisotopic (exact) mass is 321 g/mol. The van der Waals surface area contributed by atoms with Crippen molar-refractivity contribution in [1.29, 1.82) is 0 Å². The summed E-state index contributed by atoms with van der Waals surface area (Å²) in [5, 5.41) is 4.65. The van der Waals surface area contributed by atoms with Crippen LogP contribution in [-0.4, -0.2) is 6.04 Å². The molecule has 0 saturated heterocycles. The number of aryl methyl sites for hydroxylation is 1. The van der Waals surface area contributed by atoms with Crippen molar-refractivity contribution in [2.45, 2.75) is 32.4 Å². The van der Waals surface area contributed by atoms with Crippen LogP contribution >= 0.6 is 23.2 Å². The van der Waals surface area contributed by atoms with E-state index in [4.69, 9.17) is 27.9 Å². The van der Waals surface area contributed by atoms with Gasteiger partial charge in [0.25, 0.3) is 0 Å². The molecule has 0 bridgehead atoms. The Bertz CT molecular complexity index is 653. The molecule has 0 atom stereocenters. The van der Waals surface area contributed by atoms with Crippen LogP contribution in [-0.2, 0) is 6.54 Å². The van der Waals surface area contributed by atoms with Gasteiger partial charge in [0.2, 0.25) is 0 Å². The van der Waals surface area contributed by atoms with E-state index in [0.717, 1.165) is 17.7 Å². The van der Waals surface area contributed by atoms with Crippen molar-refractivity contribution in [2.75, 3.05) is 0 Å². The van der Waals surface area contributed by atoms with E-state index in [1.165, 1.54) is 12.8 Å². The molecule has 2 nitrogen and oxygen atoms in total. The van der Waals surface area contributed by atoms with Crippen LogP contribution in [0.5, 0.6) is 11.5 Å². The Hall–Kier alpha value is -1.22. The van der Waals surface area contributed by atoms with E-state index in [2.05, 4.69) is 5.32 Å². The molecule has 0 aliphatic heterocycles. The second-order valence-corrected chi connectivity index (χ2v) is 6.27. The van der Waals surface area contributed by atoms with Gasteiger partial charge in [-0.05, 0) is 55.2 Å². The summed E-state index contributed by atoms with van der Waals surface area (Å²) in [6, 6.07) is 12.2. The molecule has 0 unspecified atom stereocenters. The molecule has 0 heterocycles. The Kier molecular flexibility index (Phi) is 4.39. The summed E-state index contributed by atoms with van der Waals surface area (Å²) in [5.41, 5.74) is 2.26. The minimum absolute atomic E-state index is 0.588. The van der Waals surface area contributed by atoms with Crippen LogP contribution in [0.2, 0.25) is 10.0 Å². The van der Waals surface area contributed by atoms with Gasteiger partial charge in [-0.2, -0.15) is 0 Å². The minimum Gasteiger partial charge on any atom is -0.454 e. The first-order valence-electron chi connectivity index (χ1n) is 7.07. The minimum atomic E-state index is 0.588. The van der Waals surface area contributed by atoms with Crippen LogP contribution in [0, 0.1) is 6.92 Å². The quantitative estimate of drug-likeness (QED) is 0.801. The van der Waals surface area contributed by atoms with Crippen LogP contribution in [0.25, 0.3) is 0 Å². The van der Waals surface area contributed by atoms with Crippen molar-refractivity contribution in [2.24, 2.45) is 0 Å². The maximum absolute atomic E-state index is 6.30. The fraction of sp³-hybridized carbons (Fsp3) is 0.294. The number of hydrogen-bond acceptors (Lipinski definition) is 2. The molecular weight excluding hydrogens is 305 g/mol. The SMILES string of the molecule is Cc1ccc(Oc2ccc(CNC3CC3)cc2Cl)c(Cl)c1. The van der Waals surface area contributed by atoms with E-state index in [0.29, 0.717) is 27.6 Å². The molecule has 0 spiro atoms. The van der Waals surface area contributed by atoms with Crippen molar-refractivity contribution in [1.82, 2.24) is 5.32 Å². The first-order chi connectivity index (χ1) is 10.1. The van der Waals surface area contributed by atoms with Gasteiger partial charge in [-0.3, -0.25) is 0 Å². The van der Waals surface area contributed by atoms with E-state index in [1.54, 1.807) is 0 Å². The van der Waals surface area contributed by atoms with Crippen molar-refractivity contribution >= 4 is 23.2 Å². The van der Waals surface area contributed by atoms with Gasteiger partial charge in [0, 0.05) is 12.6 Å². The molecule has 110 valence electrons. The lowest BCUT2D eigenvalue weighted by Crippen LogP contribution is -2.15. The largest absolute Gasteiger partial charge is 0.454 e. The summed E-state index contributed by atoms with van der Waals surface area (Å²) < 4.78 is 5.80. The number of rotatable bonds is 5. The van der Waals surface area contributed by atoms with E-state index in [1.807, 2.05) is 43.3 Å². The Balaban J connectivity index is 1.72. The third-order valence-corrected chi connectivity index (χ3v) is 4.07. The second-order valence-electron chi connectivity index (χ2n) is 5.46. The number of ether oxygens (including phenoxy) is 1. The first kappa shape index (κ1) is 14.7. The second kappa shape index (κ2) is 6.27. The molecule has 2 aromatic carbocycles. The summed E-state index contributed by atoms with van der Waals surface area (Å²) in [6.45, 7) is 2.83. The fourth-order valence-corrected chi connectivity index (χ4v) is 2.61. The lowest BCUT2D eigenvalue weighted by Gasteiger charge is -2.11. The number of benzene rings is 2. The number of nitrogens with one attached hydrogen (secondary N) is 1. The van der Waals surface area contributed by atoms with Crippen molar-refractivity contribution < 1.29 is 4.74 Å². The molecule has 1 saturated carbocycles. The average molecular weight is 322 g/mol. The molecule has 0 aromatic heterocycles. The topological polar surface area (TPSA) is 21.3 Å². The summed E-state index contributed by atoms with van der Waals surface area (Å²) in [7, 11) is 0. The Labute approximate surface area is 135 Å². The number of halogens is 2. The predicted octanol–water partition coefficient (Wildman–Crippen LogP) is 5.35. The van der Waals surface area contributed by atoms with Gasteiger partial charge in [0.15, 0.2) is 0 Å². The van der Waals surface area contributed by atoms with Gasteiger partial charge < -0.3 is 10.1 Å². The Morgan fingerprint density at radius 3 is 2.33 bits per heavy atom. The molecule has 1 fully saturated rings. The summed E-state index contributed by atoms with van der Waals surface area (Å²) in [5.74, 6) is 1.24. The highest BCUT2D eigenvalue weighted by molar-refractivity contribution is 6.33. The predicted molar refractivity (Wildman–Crippen MR) is 87.6 cm³/mol. The third kappa shape index (κ3) is 3.91. The normalized spacial score (nSPS) is 14.2. The Morgan fingerprint density at radius 2 is 1.71 bits per heavy atom. The van der Waals surface area contributed by atoms with Crippen LogP contribution in [0.15, 0.2) is 36.4 Å². The highest BCUT2D eigenvalue weighted by Crippen LogP contribution is 2.34. The van der Waals surface area contributed by atoms with Crippen molar-refractivity contribution in [3.63, 3.8) is 0 Å². The lowest BCUT2D eigenvalue weighted by molar-refractivity contribution is 0.482. The summed E-state index contributed by atoms with van der Waals surface area (Å²) >= 11 is 12.5. The molecule has 21 heavy (non-hydrogen) atoms. The van der Waals surface area contributed by atoms with Crippen molar-refractivity contribution in [3.05, 3.63) is 57.6 Å². The van der Waals surface area contributed by atoms with Gasteiger partial charge in [-0.15, -0.1) is 0 Å². The molecule has 1 aliphatic carbocycles. The fourth-order valence-electron chi connectivity index (χ4n) is 2.09. The zero-order valence-corrected chi connectivity index (χ0v) is 13.3. The standard InChI is InChI=1S/C17H17Cl2NO/c1-11-2-6-16(14(18)8-11)21-17-7-3-12(9-15(17)19)10-20-13-4-5-13/h2-3,6-9,13,20H,4-5,10H2,1H3. The highest BCUT2D eigenvalue weighted by Gasteiger charge is 2.20. The Morgan fingerprint density at radius 1 is 1.05 bits per heavy atom. The van der Waals surface area contributed by atoms with Gasteiger partial charge in [0.1, 0.15) is 11.5 Å². The molecule has 1 aliphatic rings. The lowest BCUT2D eigenvalue weighted by atomic mass is 10.2. The van der Waals surface area contributed by atoms with Gasteiger partial charge >= 0.3 is 0 Å². The molecule has 1 N–H and O–H groups in total. The third-order valence-electron chi connectivity index (χ3n) is 3.48. The van der Waals surface area contributed by atoms with E-state index in [-0.39, 0.29) is 0 Å². The maximum Gasteiger partial charge on any atom is 0.146 e. The molecular formula is C17H17Cl2NO. The average Bonchev–Trinajstić information content (AvgIpc) is 3.26. The zero-order chi connectivity index (χ0) is 14.8. The highest BCUT2D eigenvalue weighted by atomic mass is 35.5. The molecule has 4 heteroatoms. The van der Waals surface area contributed by atoms with Crippen molar-refractivity contribution in [3.8, 4) is 11.5 Å². The molecule has 3 rings (SSSR count). The van der Waals surface area contributed by atoms with Gasteiger partial charge in [-0.25, -0.2) is 0 Å². The van der Waals surface area contributed by atoms with Crippen LogP contribution in [0.3, 0.4) is 0 Å². The van der Waals surface area contributed by atoms with Crippen LogP contribution in [0.1, 0.15) is 24.0 Å². The van der Waals surface area contributed by atoms with Gasteiger partial charge in [-0.1, -0.05) is 35.3 Å². The molecule has 2 aromatic rings. The zero-order valence-electron chi connectivity index (χ0n) is 11.8. The van der Waals surface area contributed by atoms with Gasteiger partial charge in [0.05, 0.1) is 10.0 Å².